The molecule has 3 unspecified atom stereocenters. The summed E-state index contributed by atoms with van der Waals surface area (Å²) < 4.78 is 0. The summed E-state index contributed by atoms with van der Waals surface area (Å²) in [5.41, 5.74) is 0. The molecule has 0 fully saturated rings. The van der Waals surface area contributed by atoms with Crippen molar-refractivity contribution < 1.29 is 0 Å². The van der Waals surface area contributed by atoms with Gasteiger partial charge in [0.1, 0.15) is 0 Å². The Hall–Kier alpha value is -0.0800. The molecule has 0 aromatic rings. The van der Waals surface area contributed by atoms with Gasteiger partial charge in [0, 0.05) is 18.1 Å². The molecule has 2 heteroatoms. The zero-order chi connectivity index (χ0) is 10.4. The van der Waals surface area contributed by atoms with Gasteiger partial charge in [0.15, 0.2) is 0 Å². The van der Waals surface area contributed by atoms with Crippen LogP contribution in [0.1, 0.15) is 40.5 Å². The van der Waals surface area contributed by atoms with Gasteiger partial charge in [-0.05, 0) is 41.3 Å². The minimum atomic E-state index is 0.560. The standard InChI is InChI=1S/C11H26N2/c1-7-8-9(2)13(6)11(4)10(3)12-5/h9-12H,7-8H2,1-6H3. The van der Waals surface area contributed by atoms with Crippen molar-refractivity contribution in [2.45, 2.75) is 58.7 Å². The van der Waals surface area contributed by atoms with Gasteiger partial charge in [-0.1, -0.05) is 13.3 Å². The van der Waals surface area contributed by atoms with Crippen LogP contribution in [0.4, 0.5) is 0 Å². The zero-order valence-corrected chi connectivity index (χ0v) is 10.1. The normalized spacial score (nSPS) is 18.7. The van der Waals surface area contributed by atoms with E-state index >= 15 is 0 Å². The van der Waals surface area contributed by atoms with Crippen LogP contribution in [-0.2, 0) is 0 Å². The van der Waals surface area contributed by atoms with Crippen LogP contribution in [0.15, 0.2) is 0 Å². The van der Waals surface area contributed by atoms with E-state index in [2.05, 4.69) is 45.0 Å². The van der Waals surface area contributed by atoms with E-state index in [1.165, 1.54) is 12.8 Å². The van der Waals surface area contributed by atoms with Crippen molar-refractivity contribution in [1.29, 1.82) is 0 Å². The Bertz CT molecular complexity index is 125. The molecule has 0 aromatic carbocycles. The lowest BCUT2D eigenvalue weighted by atomic mass is 10.1. The molecule has 0 radical (unpaired) electrons. The molecule has 0 aliphatic rings. The molecule has 80 valence electrons. The minimum absolute atomic E-state index is 0.560. The summed E-state index contributed by atoms with van der Waals surface area (Å²) in [6.45, 7) is 9.08. The number of likely N-dealkylation sites (N-methyl/N-ethyl adjacent to an activating group) is 2. The Morgan fingerprint density at radius 2 is 1.77 bits per heavy atom. The lowest BCUT2D eigenvalue weighted by Gasteiger charge is -2.34. The fourth-order valence-corrected chi connectivity index (χ4v) is 1.62. The smallest absolute Gasteiger partial charge is 0.0218 e. The van der Waals surface area contributed by atoms with Crippen molar-refractivity contribution in [3.8, 4) is 0 Å². The summed E-state index contributed by atoms with van der Waals surface area (Å²) in [6.07, 6.45) is 2.56. The first-order chi connectivity index (χ1) is 6.04. The third-order valence-electron chi connectivity index (χ3n) is 3.22. The lowest BCUT2D eigenvalue weighted by molar-refractivity contribution is 0.159. The van der Waals surface area contributed by atoms with Gasteiger partial charge in [-0.15, -0.1) is 0 Å². The average molecular weight is 186 g/mol. The lowest BCUT2D eigenvalue weighted by Crippen LogP contribution is -2.47. The summed E-state index contributed by atoms with van der Waals surface area (Å²) in [6, 6.07) is 1.85. The Labute approximate surface area is 83.7 Å². The Morgan fingerprint density at radius 3 is 2.15 bits per heavy atom. The Morgan fingerprint density at radius 1 is 1.23 bits per heavy atom. The predicted octanol–water partition coefficient (Wildman–Crippen LogP) is 2.10. The van der Waals surface area contributed by atoms with Crippen LogP contribution in [0.5, 0.6) is 0 Å². The maximum absolute atomic E-state index is 3.30. The fourth-order valence-electron chi connectivity index (χ4n) is 1.62. The van der Waals surface area contributed by atoms with Crippen molar-refractivity contribution in [3.05, 3.63) is 0 Å². The zero-order valence-electron chi connectivity index (χ0n) is 10.1. The summed E-state index contributed by atoms with van der Waals surface area (Å²) in [4.78, 5) is 2.46. The Kier molecular flexibility index (Phi) is 6.35. The number of rotatable bonds is 6. The molecule has 0 bridgehead atoms. The molecular weight excluding hydrogens is 160 g/mol. The number of hydrogen-bond acceptors (Lipinski definition) is 2. The van der Waals surface area contributed by atoms with E-state index in [0.717, 1.165) is 0 Å². The average Bonchev–Trinajstić information content (AvgIpc) is 2.14. The molecule has 13 heavy (non-hydrogen) atoms. The van der Waals surface area contributed by atoms with Crippen LogP contribution in [0, 0.1) is 0 Å². The van der Waals surface area contributed by atoms with Crippen molar-refractivity contribution in [1.82, 2.24) is 10.2 Å². The third kappa shape index (κ3) is 4.10. The number of hydrogen-bond donors (Lipinski definition) is 1. The molecule has 1 N–H and O–H groups in total. The molecule has 0 rings (SSSR count). The molecule has 0 saturated carbocycles. The molecule has 0 amide bonds. The molecule has 0 saturated heterocycles. The van der Waals surface area contributed by atoms with Gasteiger partial charge in [-0.2, -0.15) is 0 Å². The van der Waals surface area contributed by atoms with E-state index in [1.54, 1.807) is 0 Å². The van der Waals surface area contributed by atoms with Crippen LogP contribution in [0.2, 0.25) is 0 Å². The first kappa shape index (κ1) is 12.9. The van der Waals surface area contributed by atoms with Crippen LogP contribution < -0.4 is 5.32 Å². The largest absolute Gasteiger partial charge is 0.316 e. The van der Waals surface area contributed by atoms with Gasteiger partial charge >= 0.3 is 0 Å². The van der Waals surface area contributed by atoms with Crippen LogP contribution in [0.25, 0.3) is 0 Å². The van der Waals surface area contributed by atoms with Gasteiger partial charge in [0.05, 0.1) is 0 Å². The molecule has 2 nitrogen and oxygen atoms in total. The second-order valence-corrected chi connectivity index (χ2v) is 4.12. The van der Waals surface area contributed by atoms with Gasteiger partial charge in [0.2, 0.25) is 0 Å². The summed E-state index contributed by atoms with van der Waals surface area (Å²) >= 11 is 0. The highest BCUT2D eigenvalue weighted by Gasteiger charge is 2.18. The van der Waals surface area contributed by atoms with Crippen molar-refractivity contribution in [2.75, 3.05) is 14.1 Å². The quantitative estimate of drug-likeness (QED) is 0.683. The van der Waals surface area contributed by atoms with E-state index in [4.69, 9.17) is 0 Å². The summed E-state index contributed by atoms with van der Waals surface area (Å²) in [5.74, 6) is 0. The SMILES string of the molecule is CCCC(C)N(C)C(C)C(C)NC. The van der Waals surface area contributed by atoms with Crippen molar-refractivity contribution in [2.24, 2.45) is 0 Å². The van der Waals surface area contributed by atoms with Crippen molar-refractivity contribution >= 4 is 0 Å². The maximum atomic E-state index is 3.30. The minimum Gasteiger partial charge on any atom is -0.316 e. The number of nitrogens with zero attached hydrogens (tertiary/aromatic N) is 1. The van der Waals surface area contributed by atoms with E-state index in [1.807, 2.05) is 7.05 Å². The van der Waals surface area contributed by atoms with Gasteiger partial charge in [-0.25, -0.2) is 0 Å². The van der Waals surface area contributed by atoms with E-state index < -0.39 is 0 Å². The van der Waals surface area contributed by atoms with Crippen LogP contribution in [0.3, 0.4) is 0 Å². The molecule has 0 aliphatic heterocycles. The first-order valence-electron chi connectivity index (χ1n) is 5.43. The first-order valence-corrected chi connectivity index (χ1v) is 5.43. The van der Waals surface area contributed by atoms with E-state index in [-0.39, 0.29) is 0 Å². The third-order valence-corrected chi connectivity index (χ3v) is 3.22. The monoisotopic (exact) mass is 186 g/mol. The summed E-state index contributed by atoms with van der Waals surface area (Å²) in [5, 5.41) is 3.30. The second-order valence-electron chi connectivity index (χ2n) is 4.12. The highest BCUT2D eigenvalue weighted by molar-refractivity contribution is 4.77. The van der Waals surface area contributed by atoms with Crippen LogP contribution >= 0.6 is 0 Å². The van der Waals surface area contributed by atoms with Gasteiger partial charge in [0.25, 0.3) is 0 Å². The van der Waals surface area contributed by atoms with Gasteiger partial charge in [-0.3, -0.25) is 4.90 Å². The highest BCUT2D eigenvalue weighted by atomic mass is 15.2. The van der Waals surface area contributed by atoms with Gasteiger partial charge < -0.3 is 5.32 Å². The van der Waals surface area contributed by atoms with E-state index in [0.29, 0.717) is 18.1 Å². The van der Waals surface area contributed by atoms with Crippen LogP contribution in [-0.4, -0.2) is 37.1 Å². The molecule has 0 spiro atoms. The second kappa shape index (κ2) is 6.39. The summed E-state index contributed by atoms with van der Waals surface area (Å²) in [7, 11) is 4.25. The molecule has 0 aliphatic carbocycles. The predicted molar refractivity (Wildman–Crippen MR) is 60.1 cm³/mol. The number of nitrogens with one attached hydrogen (secondary N) is 1. The highest BCUT2D eigenvalue weighted by Crippen LogP contribution is 2.10. The molecule has 3 atom stereocenters. The fraction of sp³-hybridized carbons (Fsp3) is 1.00. The topological polar surface area (TPSA) is 15.3 Å². The van der Waals surface area contributed by atoms with E-state index in [9.17, 15) is 0 Å². The molecule has 0 heterocycles. The molecule has 0 aromatic heterocycles. The van der Waals surface area contributed by atoms with Crippen molar-refractivity contribution in [3.63, 3.8) is 0 Å². The maximum Gasteiger partial charge on any atom is 0.0218 e. The molecular formula is C11H26N2. The Balaban J connectivity index is 3.99.